The van der Waals surface area contributed by atoms with Gasteiger partial charge in [-0.1, -0.05) is 6.92 Å². The fourth-order valence-electron chi connectivity index (χ4n) is 1.35. The van der Waals surface area contributed by atoms with Crippen LogP contribution in [0.5, 0.6) is 0 Å². The zero-order valence-electron chi connectivity index (χ0n) is 7.92. The molecule has 1 rings (SSSR count). The number of alkyl carbamates (subject to hydrolysis) is 1. The third-order valence-corrected chi connectivity index (χ3v) is 2.37. The fourth-order valence-corrected chi connectivity index (χ4v) is 1.35. The number of hydrogen-bond donors (Lipinski definition) is 1. The number of ether oxygens (including phenoxy) is 2. The van der Waals surface area contributed by atoms with Gasteiger partial charge in [0.05, 0.1) is 14.2 Å². The van der Waals surface area contributed by atoms with Gasteiger partial charge < -0.3 is 14.8 Å². The minimum absolute atomic E-state index is 0.110. The third-order valence-electron chi connectivity index (χ3n) is 2.37. The van der Waals surface area contributed by atoms with Crippen LogP contribution in [0.3, 0.4) is 0 Å². The van der Waals surface area contributed by atoms with Gasteiger partial charge in [-0.05, 0) is 12.3 Å². The highest BCUT2D eigenvalue weighted by Gasteiger charge is 2.60. The number of carbonyl (C=O) groups is 2. The predicted octanol–water partition coefficient (Wildman–Crippen LogP) is 0.294. The van der Waals surface area contributed by atoms with Crippen molar-refractivity contribution in [1.29, 1.82) is 0 Å². The number of amides is 1. The Morgan fingerprint density at radius 1 is 1.38 bits per heavy atom. The van der Waals surface area contributed by atoms with Crippen molar-refractivity contribution in [3.8, 4) is 0 Å². The smallest absolute Gasteiger partial charge is 0.407 e. The van der Waals surface area contributed by atoms with Crippen molar-refractivity contribution in [2.45, 2.75) is 18.9 Å². The highest BCUT2D eigenvalue weighted by molar-refractivity contribution is 5.89. The first-order valence-electron chi connectivity index (χ1n) is 4.01. The standard InChI is InChI=1S/C8H13NO4/c1-5-4-8(5,6(10)12-2)9-7(11)13-3/h5H,4H2,1-3H3,(H,9,11)/t5-,8-/m0/s1. The largest absolute Gasteiger partial charge is 0.467 e. The molecule has 1 aliphatic rings. The van der Waals surface area contributed by atoms with Crippen molar-refractivity contribution in [3.05, 3.63) is 0 Å². The number of rotatable bonds is 2. The van der Waals surface area contributed by atoms with Crippen molar-refractivity contribution in [3.63, 3.8) is 0 Å². The summed E-state index contributed by atoms with van der Waals surface area (Å²) < 4.78 is 9.00. The quantitative estimate of drug-likeness (QED) is 0.631. The molecule has 1 fully saturated rings. The molecule has 5 nitrogen and oxygen atoms in total. The topological polar surface area (TPSA) is 64.6 Å². The SMILES string of the molecule is COC(=O)N[C@@]1(C(=O)OC)C[C@@H]1C. The molecule has 0 saturated heterocycles. The molecule has 0 bridgehead atoms. The summed E-state index contributed by atoms with van der Waals surface area (Å²) in [6.45, 7) is 1.87. The third kappa shape index (κ3) is 1.59. The molecule has 1 N–H and O–H groups in total. The van der Waals surface area contributed by atoms with Crippen LogP contribution < -0.4 is 5.32 Å². The Hall–Kier alpha value is -1.26. The summed E-state index contributed by atoms with van der Waals surface area (Å²) in [6.07, 6.45) is 0.00384. The highest BCUT2D eigenvalue weighted by Crippen LogP contribution is 2.43. The Morgan fingerprint density at radius 3 is 2.23 bits per heavy atom. The summed E-state index contributed by atoms with van der Waals surface area (Å²) in [5, 5.41) is 2.48. The summed E-state index contributed by atoms with van der Waals surface area (Å²) in [6, 6.07) is 0. The van der Waals surface area contributed by atoms with E-state index in [0.717, 1.165) is 0 Å². The van der Waals surface area contributed by atoms with E-state index in [2.05, 4.69) is 14.8 Å². The maximum Gasteiger partial charge on any atom is 0.407 e. The zero-order chi connectivity index (χ0) is 10.1. The van der Waals surface area contributed by atoms with E-state index >= 15 is 0 Å². The molecule has 2 atom stereocenters. The maximum absolute atomic E-state index is 11.3. The first-order chi connectivity index (χ1) is 6.06. The molecular formula is C8H13NO4. The molecule has 0 aliphatic heterocycles. The van der Waals surface area contributed by atoms with E-state index in [1.165, 1.54) is 14.2 Å². The molecule has 0 aromatic heterocycles. The Balaban J connectivity index is 2.62. The van der Waals surface area contributed by atoms with E-state index in [9.17, 15) is 9.59 Å². The normalized spacial score (nSPS) is 30.5. The average molecular weight is 187 g/mol. The van der Waals surface area contributed by atoms with Gasteiger partial charge >= 0.3 is 12.1 Å². The number of methoxy groups -OCH3 is 2. The van der Waals surface area contributed by atoms with E-state index in [-0.39, 0.29) is 5.92 Å². The first-order valence-corrected chi connectivity index (χ1v) is 4.01. The van der Waals surface area contributed by atoms with E-state index in [0.29, 0.717) is 6.42 Å². The molecule has 0 aromatic rings. The molecule has 0 aromatic carbocycles. The lowest BCUT2D eigenvalue weighted by atomic mass is 10.2. The lowest BCUT2D eigenvalue weighted by Crippen LogP contribution is -2.45. The molecule has 13 heavy (non-hydrogen) atoms. The lowest BCUT2D eigenvalue weighted by Gasteiger charge is -2.14. The second-order valence-corrected chi connectivity index (χ2v) is 3.18. The van der Waals surface area contributed by atoms with Gasteiger partial charge in [0, 0.05) is 0 Å². The van der Waals surface area contributed by atoms with Crippen LogP contribution in [0.15, 0.2) is 0 Å². The van der Waals surface area contributed by atoms with Crippen LogP contribution in [0.2, 0.25) is 0 Å². The fraction of sp³-hybridized carbons (Fsp3) is 0.750. The van der Waals surface area contributed by atoms with Crippen LogP contribution in [-0.2, 0) is 14.3 Å². The van der Waals surface area contributed by atoms with Crippen LogP contribution in [0.25, 0.3) is 0 Å². The van der Waals surface area contributed by atoms with E-state index in [1.54, 1.807) is 0 Å². The molecule has 0 radical (unpaired) electrons. The van der Waals surface area contributed by atoms with Gasteiger partial charge in [0.2, 0.25) is 0 Å². The van der Waals surface area contributed by atoms with Crippen LogP contribution in [0, 0.1) is 5.92 Å². The molecule has 0 spiro atoms. The van der Waals surface area contributed by atoms with Crippen molar-refractivity contribution < 1.29 is 19.1 Å². The molecule has 0 heterocycles. The van der Waals surface area contributed by atoms with Crippen molar-refractivity contribution >= 4 is 12.1 Å². The van der Waals surface area contributed by atoms with E-state index in [4.69, 9.17) is 0 Å². The van der Waals surface area contributed by atoms with E-state index in [1.807, 2.05) is 6.92 Å². The summed E-state index contributed by atoms with van der Waals surface area (Å²) in [5.41, 5.74) is -0.845. The van der Waals surface area contributed by atoms with Crippen molar-refractivity contribution in [2.24, 2.45) is 5.92 Å². The lowest BCUT2D eigenvalue weighted by molar-refractivity contribution is -0.144. The van der Waals surface area contributed by atoms with Crippen LogP contribution in [0.4, 0.5) is 4.79 Å². The second-order valence-electron chi connectivity index (χ2n) is 3.18. The Bertz CT molecular complexity index is 240. The molecule has 1 amide bonds. The molecule has 1 aliphatic carbocycles. The first kappa shape index (κ1) is 9.83. The van der Waals surface area contributed by atoms with Gasteiger partial charge in [0.25, 0.3) is 0 Å². The Kier molecular flexibility index (Phi) is 2.45. The van der Waals surface area contributed by atoms with Crippen LogP contribution in [-0.4, -0.2) is 31.8 Å². The van der Waals surface area contributed by atoms with Gasteiger partial charge in [-0.25, -0.2) is 9.59 Å². The zero-order valence-corrected chi connectivity index (χ0v) is 7.92. The summed E-state index contributed by atoms with van der Waals surface area (Å²) >= 11 is 0. The second kappa shape index (κ2) is 3.24. The van der Waals surface area contributed by atoms with Gasteiger partial charge in [-0.2, -0.15) is 0 Å². The maximum atomic E-state index is 11.3. The predicted molar refractivity (Wildman–Crippen MR) is 44.1 cm³/mol. The van der Waals surface area contributed by atoms with Gasteiger partial charge in [-0.15, -0.1) is 0 Å². The molecule has 5 heteroatoms. The summed E-state index contributed by atoms with van der Waals surface area (Å²) in [7, 11) is 2.56. The monoisotopic (exact) mass is 187 g/mol. The number of esters is 1. The van der Waals surface area contributed by atoms with Gasteiger partial charge in [0.15, 0.2) is 0 Å². The summed E-state index contributed by atoms with van der Waals surface area (Å²) in [4.78, 5) is 22.2. The Morgan fingerprint density at radius 2 is 1.92 bits per heavy atom. The van der Waals surface area contributed by atoms with Crippen molar-refractivity contribution in [1.82, 2.24) is 5.32 Å². The average Bonchev–Trinajstić information content (AvgIpc) is 2.76. The molecule has 1 saturated carbocycles. The summed E-state index contributed by atoms with van der Waals surface area (Å²) in [5.74, 6) is -0.301. The minimum Gasteiger partial charge on any atom is -0.467 e. The molecular weight excluding hydrogens is 174 g/mol. The van der Waals surface area contributed by atoms with Crippen molar-refractivity contribution in [2.75, 3.05) is 14.2 Å². The number of hydrogen-bond acceptors (Lipinski definition) is 4. The van der Waals surface area contributed by atoms with E-state index < -0.39 is 17.6 Å². The van der Waals surface area contributed by atoms with Gasteiger partial charge in [0.1, 0.15) is 5.54 Å². The van der Waals surface area contributed by atoms with Crippen LogP contribution >= 0.6 is 0 Å². The molecule has 74 valence electrons. The molecule has 0 unspecified atom stereocenters. The minimum atomic E-state index is -0.845. The van der Waals surface area contributed by atoms with Gasteiger partial charge in [-0.3, -0.25) is 0 Å². The highest BCUT2D eigenvalue weighted by atomic mass is 16.5. The Labute approximate surface area is 76.4 Å². The number of carbonyl (C=O) groups excluding carboxylic acids is 2. The number of nitrogens with one attached hydrogen (secondary N) is 1. The van der Waals surface area contributed by atoms with Crippen LogP contribution in [0.1, 0.15) is 13.3 Å².